The lowest BCUT2D eigenvalue weighted by molar-refractivity contribution is 0.274. The van der Waals surface area contributed by atoms with E-state index in [1.165, 1.54) is 0 Å². The first-order valence-corrected chi connectivity index (χ1v) is 12.2. The summed E-state index contributed by atoms with van der Waals surface area (Å²) in [7, 11) is 0. The summed E-state index contributed by atoms with van der Waals surface area (Å²) in [6.45, 7) is 11.0. The van der Waals surface area contributed by atoms with Gasteiger partial charge < -0.3 is 14.6 Å². The van der Waals surface area contributed by atoms with Crippen molar-refractivity contribution in [3.63, 3.8) is 0 Å². The molecule has 7 heteroatoms. The monoisotopic (exact) mass is 517 g/mol. The van der Waals surface area contributed by atoms with Crippen LogP contribution in [0.25, 0.3) is 11.0 Å². The van der Waals surface area contributed by atoms with Crippen molar-refractivity contribution in [3.05, 3.63) is 60.9 Å². The smallest absolute Gasteiger partial charge is 0.202 e. The second-order valence-electron chi connectivity index (χ2n) is 9.46. The third-order valence-corrected chi connectivity index (χ3v) is 7.16. The van der Waals surface area contributed by atoms with E-state index in [9.17, 15) is 4.79 Å². The van der Waals surface area contributed by atoms with Crippen molar-refractivity contribution in [3.8, 4) is 0 Å². The summed E-state index contributed by atoms with van der Waals surface area (Å²) >= 11 is 9.38. The Labute approximate surface area is 202 Å². The van der Waals surface area contributed by atoms with Crippen LogP contribution in [-0.4, -0.2) is 24.6 Å². The molecule has 1 N–H and O–H groups in total. The lowest BCUT2D eigenvalue weighted by atomic mass is 9.82. The number of aromatic nitrogens is 1. The molecule has 1 saturated heterocycles. The van der Waals surface area contributed by atoms with E-state index in [1.54, 1.807) is 6.07 Å². The molecular weight excluding hydrogens is 490 g/mol. The maximum Gasteiger partial charge on any atom is 0.202 e. The van der Waals surface area contributed by atoms with Crippen LogP contribution < -0.4 is 15.6 Å². The highest BCUT2D eigenvalue weighted by Gasteiger charge is 2.28. The molecule has 0 saturated carbocycles. The molecule has 1 aliphatic heterocycles. The summed E-state index contributed by atoms with van der Waals surface area (Å²) in [6.07, 6.45) is 2.89. The normalized spacial score (nSPS) is 15.9. The first-order chi connectivity index (χ1) is 15.1. The Balaban J connectivity index is 1.65. The van der Waals surface area contributed by atoms with Crippen LogP contribution in [-0.2, 0) is 6.42 Å². The Morgan fingerprint density at radius 1 is 1.22 bits per heavy atom. The standard InChI is InChI=1S/C25H29BrClN3O2/c1-15-13-17(7-10-28-19-5-6-20(27)29-23(19)26)22-18(14-15)21(31)16(2)24(32-22)30-11-8-25(3,4)9-12-30/h5-6,13-14,28H,7-12H2,1-4H3. The SMILES string of the molecule is Cc1cc(CCNc2ccc(Cl)nc2Br)c2oc(N3CCC(C)(C)CC3)c(C)c(=O)c2c1. The van der Waals surface area contributed by atoms with Crippen LogP contribution in [0.3, 0.4) is 0 Å². The van der Waals surface area contributed by atoms with Gasteiger partial charge in [0.15, 0.2) is 5.43 Å². The molecule has 1 fully saturated rings. The number of benzene rings is 1. The molecule has 3 heterocycles. The average molecular weight is 519 g/mol. The van der Waals surface area contributed by atoms with Gasteiger partial charge in [-0.15, -0.1) is 0 Å². The molecule has 0 bridgehead atoms. The number of nitrogens with one attached hydrogen (secondary N) is 1. The number of pyridine rings is 1. The molecule has 5 nitrogen and oxygen atoms in total. The van der Waals surface area contributed by atoms with Crippen LogP contribution in [0.4, 0.5) is 11.6 Å². The summed E-state index contributed by atoms with van der Waals surface area (Å²) < 4.78 is 7.15. The van der Waals surface area contributed by atoms with E-state index < -0.39 is 0 Å². The molecule has 0 spiro atoms. The largest absolute Gasteiger partial charge is 0.440 e. The zero-order valence-electron chi connectivity index (χ0n) is 19.0. The number of halogens is 2. The number of hydrogen-bond acceptors (Lipinski definition) is 5. The quantitative estimate of drug-likeness (QED) is 0.391. The Morgan fingerprint density at radius 3 is 2.62 bits per heavy atom. The van der Waals surface area contributed by atoms with Crippen molar-refractivity contribution in [1.29, 1.82) is 0 Å². The fourth-order valence-corrected chi connectivity index (χ4v) is 5.00. The fourth-order valence-electron chi connectivity index (χ4n) is 4.29. The van der Waals surface area contributed by atoms with Crippen molar-refractivity contribution in [2.24, 2.45) is 5.41 Å². The van der Waals surface area contributed by atoms with Gasteiger partial charge >= 0.3 is 0 Å². The first-order valence-electron chi connectivity index (χ1n) is 11.0. The zero-order valence-corrected chi connectivity index (χ0v) is 21.4. The Kier molecular flexibility index (Phi) is 6.55. The number of anilines is 2. The van der Waals surface area contributed by atoms with Crippen LogP contribution >= 0.6 is 27.5 Å². The second kappa shape index (κ2) is 9.06. The van der Waals surface area contributed by atoms with Gasteiger partial charge in [0.05, 0.1) is 16.6 Å². The second-order valence-corrected chi connectivity index (χ2v) is 10.6. The highest BCUT2D eigenvalue weighted by Crippen LogP contribution is 2.34. The van der Waals surface area contributed by atoms with Crippen LogP contribution in [0.5, 0.6) is 0 Å². The summed E-state index contributed by atoms with van der Waals surface area (Å²) in [4.78, 5) is 19.7. The van der Waals surface area contributed by atoms with Crippen molar-refractivity contribution in [2.45, 2.75) is 47.0 Å². The lowest BCUT2D eigenvalue weighted by Gasteiger charge is -2.37. The van der Waals surface area contributed by atoms with Gasteiger partial charge in [0.1, 0.15) is 15.3 Å². The van der Waals surface area contributed by atoms with Crippen molar-refractivity contribution >= 4 is 50.1 Å². The van der Waals surface area contributed by atoms with E-state index in [2.05, 4.69) is 51.0 Å². The molecule has 0 amide bonds. The summed E-state index contributed by atoms with van der Waals surface area (Å²) in [6, 6.07) is 7.70. The van der Waals surface area contributed by atoms with Crippen molar-refractivity contribution in [2.75, 3.05) is 29.9 Å². The zero-order chi connectivity index (χ0) is 23.0. The van der Waals surface area contributed by atoms with Gasteiger partial charge in [-0.1, -0.05) is 31.5 Å². The van der Waals surface area contributed by atoms with E-state index in [0.717, 1.165) is 48.6 Å². The number of piperidine rings is 1. The van der Waals surface area contributed by atoms with Gasteiger partial charge in [-0.05, 0) is 83.8 Å². The molecule has 0 aliphatic carbocycles. The molecule has 0 atom stereocenters. The molecule has 32 heavy (non-hydrogen) atoms. The summed E-state index contributed by atoms with van der Waals surface area (Å²) in [5.41, 5.74) is 4.75. The Morgan fingerprint density at radius 2 is 1.94 bits per heavy atom. The minimum absolute atomic E-state index is 0.0636. The number of fused-ring (bicyclic) bond motifs is 1. The number of aryl methyl sites for hydroxylation is 1. The van der Waals surface area contributed by atoms with Crippen LogP contribution in [0.15, 0.2) is 38.1 Å². The summed E-state index contributed by atoms with van der Waals surface area (Å²) in [5, 5.41) is 4.49. The van der Waals surface area contributed by atoms with Gasteiger partial charge in [-0.3, -0.25) is 4.79 Å². The van der Waals surface area contributed by atoms with Crippen LogP contribution in [0.2, 0.25) is 5.15 Å². The number of hydrogen-bond donors (Lipinski definition) is 1. The summed E-state index contributed by atoms with van der Waals surface area (Å²) in [5.74, 6) is 0.723. The van der Waals surface area contributed by atoms with Gasteiger partial charge in [0.2, 0.25) is 5.88 Å². The third-order valence-electron chi connectivity index (χ3n) is 6.34. The maximum atomic E-state index is 13.3. The minimum atomic E-state index is 0.0636. The topological polar surface area (TPSA) is 58.4 Å². The molecule has 1 aliphatic rings. The highest BCUT2D eigenvalue weighted by atomic mass is 79.9. The number of rotatable bonds is 5. The van der Waals surface area contributed by atoms with Gasteiger partial charge in [0, 0.05) is 19.6 Å². The predicted molar refractivity (Wildman–Crippen MR) is 136 cm³/mol. The van der Waals surface area contributed by atoms with Gasteiger partial charge in [0.25, 0.3) is 0 Å². The molecule has 3 aromatic rings. The highest BCUT2D eigenvalue weighted by molar-refractivity contribution is 9.10. The average Bonchev–Trinajstić information content (AvgIpc) is 2.73. The lowest BCUT2D eigenvalue weighted by Crippen LogP contribution is -2.38. The van der Waals surface area contributed by atoms with E-state index in [-0.39, 0.29) is 5.43 Å². The van der Waals surface area contributed by atoms with E-state index >= 15 is 0 Å². The van der Waals surface area contributed by atoms with E-state index in [1.807, 2.05) is 26.0 Å². The van der Waals surface area contributed by atoms with E-state index in [0.29, 0.717) is 44.7 Å². The van der Waals surface area contributed by atoms with Crippen LogP contribution in [0, 0.1) is 19.3 Å². The molecule has 4 rings (SSSR count). The fraction of sp³-hybridized carbons (Fsp3) is 0.440. The molecule has 0 radical (unpaired) electrons. The van der Waals surface area contributed by atoms with Gasteiger partial charge in [-0.2, -0.15) is 0 Å². The minimum Gasteiger partial charge on any atom is -0.440 e. The van der Waals surface area contributed by atoms with Crippen molar-refractivity contribution < 1.29 is 4.42 Å². The first kappa shape index (κ1) is 23.1. The molecule has 1 aromatic carbocycles. The third kappa shape index (κ3) is 4.81. The van der Waals surface area contributed by atoms with Crippen LogP contribution in [0.1, 0.15) is 43.4 Å². The van der Waals surface area contributed by atoms with Gasteiger partial charge in [-0.25, -0.2) is 4.98 Å². The predicted octanol–water partition coefficient (Wildman–Crippen LogP) is 6.50. The van der Waals surface area contributed by atoms with Crippen molar-refractivity contribution in [1.82, 2.24) is 4.98 Å². The molecular formula is C25H29BrClN3O2. The maximum absolute atomic E-state index is 13.3. The molecule has 2 aromatic heterocycles. The Hall–Kier alpha value is -2.05. The van der Waals surface area contributed by atoms with E-state index in [4.69, 9.17) is 16.0 Å². The molecule has 170 valence electrons. The Bertz CT molecular complexity index is 1210. The number of nitrogens with zero attached hydrogens (tertiary/aromatic N) is 2. The molecule has 0 unspecified atom stereocenters.